The largest absolute Gasteiger partial charge is 0.496 e. The zero-order valence-electron chi connectivity index (χ0n) is 16.1. The summed E-state index contributed by atoms with van der Waals surface area (Å²) < 4.78 is 7.34. The van der Waals surface area contributed by atoms with Gasteiger partial charge in [-0.2, -0.15) is 10.2 Å². The van der Waals surface area contributed by atoms with Gasteiger partial charge in [0.2, 0.25) is 0 Å². The van der Waals surface area contributed by atoms with E-state index in [0.717, 1.165) is 28.3 Å². The maximum absolute atomic E-state index is 5.52. The molecule has 0 spiro atoms. The van der Waals surface area contributed by atoms with Gasteiger partial charge < -0.3 is 10.1 Å². The van der Waals surface area contributed by atoms with Crippen molar-refractivity contribution in [2.24, 2.45) is 5.10 Å². The first-order chi connectivity index (χ1) is 13.6. The van der Waals surface area contributed by atoms with Gasteiger partial charge in [-0.15, -0.1) is 0 Å². The number of rotatable bonds is 6. The molecule has 3 rings (SSSR count). The summed E-state index contributed by atoms with van der Waals surface area (Å²) in [6.45, 7) is 4.03. The van der Waals surface area contributed by atoms with Crippen molar-refractivity contribution >= 4 is 23.5 Å². The minimum absolute atomic E-state index is 0.236. The van der Waals surface area contributed by atoms with E-state index >= 15 is 0 Å². The standard InChI is InChI=1S/C21H23N5OS/c1-15(2)23-21(28)24-22-13-16-14-26(17-9-5-4-6-10-17)25-20(16)18-11-7-8-12-19(18)27-3/h4-15H,1-3H3,(H2,23,24,28)/b22-13-. The van der Waals surface area contributed by atoms with Crippen LogP contribution in [0.2, 0.25) is 0 Å². The number of para-hydroxylation sites is 2. The Labute approximate surface area is 170 Å². The first-order valence-electron chi connectivity index (χ1n) is 8.96. The van der Waals surface area contributed by atoms with Gasteiger partial charge in [0.15, 0.2) is 5.11 Å². The van der Waals surface area contributed by atoms with Crippen LogP contribution in [0.3, 0.4) is 0 Å². The molecule has 0 saturated carbocycles. The third kappa shape index (κ3) is 4.75. The Bertz CT molecular complexity index is 966. The van der Waals surface area contributed by atoms with Crippen molar-refractivity contribution in [1.82, 2.24) is 20.5 Å². The molecular formula is C21H23N5OS. The van der Waals surface area contributed by atoms with Crippen molar-refractivity contribution in [3.05, 3.63) is 66.4 Å². The molecule has 7 heteroatoms. The van der Waals surface area contributed by atoms with Gasteiger partial charge in [0.1, 0.15) is 11.4 Å². The first kappa shape index (κ1) is 19.6. The number of hydrazone groups is 1. The average molecular weight is 394 g/mol. The molecule has 0 radical (unpaired) electrons. The fraction of sp³-hybridized carbons (Fsp3) is 0.190. The molecule has 0 aliphatic rings. The number of hydrogen-bond donors (Lipinski definition) is 2. The van der Waals surface area contributed by atoms with E-state index in [2.05, 4.69) is 15.8 Å². The fourth-order valence-electron chi connectivity index (χ4n) is 2.70. The Hall–Kier alpha value is -3.19. The summed E-state index contributed by atoms with van der Waals surface area (Å²) in [5, 5.41) is 12.6. The van der Waals surface area contributed by atoms with Crippen LogP contribution < -0.4 is 15.5 Å². The lowest BCUT2D eigenvalue weighted by Gasteiger charge is -2.09. The second-order valence-electron chi connectivity index (χ2n) is 6.41. The zero-order valence-corrected chi connectivity index (χ0v) is 16.9. The maximum atomic E-state index is 5.52. The van der Waals surface area contributed by atoms with E-state index in [1.807, 2.05) is 79.3 Å². The average Bonchev–Trinajstić information content (AvgIpc) is 3.12. The third-order valence-corrected chi connectivity index (χ3v) is 4.12. The molecule has 2 aromatic carbocycles. The Balaban J connectivity index is 1.97. The molecule has 0 fully saturated rings. The topological polar surface area (TPSA) is 63.5 Å². The fourth-order valence-corrected chi connectivity index (χ4v) is 2.99. The van der Waals surface area contributed by atoms with E-state index in [1.165, 1.54) is 0 Å². The molecule has 1 heterocycles. The molecule has 0 aliphatic heterocycles. The lowest BCUT2D eigenvalue weighted by atomic mass is 10.1. The SMILES string of the molecule is COc1ccccc1-c1nn(-c2ccccc2)cc1/C=N\NC(=S)NC(C)C. The van der Waals surface area contributed by atoms with E-state index in [4.69, 9.17) is 22.1 Å². The van der Waals surface area contributed by atoms with E-state index < -0.39 is 0 Å². The lowest BCUT2D eigenvalue weighted by Crippen LogP contribution is -2.36. The van der Waals surface area contributed by atoms with Gasteiger partial charge in [-0.25, -0.2) is 4.68 Å². The molecule has 0 saturated heterocycles. The van der Waals surface area contributed by atoms with Crippen LogP contribution in [-0.2, 0) is 0 Å². The van der Waals surface area contributed by atoms with E-state index in [0.29, 0.717) is 5.11 Å². The number of aromatic nitrogens is 2. The van der Waals surface area contributed by atoms with Crippen LogP contribution in [0, 0.1) is 0 Å². The summed E-state index contributed by atoms with van der Waals surface area (Å²) in [6, 6.07) is 17.9. The highest BCUT2D eigenvalue weighted by Gasteiger charge is 2.14. The van der Waals surface area contributed by atoms with Crippen molar-refractivity contribution in [3.8, 4) is 22.7 Å². The normalized spacial score (nSPS) is 11.0. The molecule has 0 atom stereocenters. The van der Waals surface area contributed by atoms with Gasteiger partial charge >= 0.3 is 0 Å². The predicted molar refractivity (Wildman–Crippen MR) is 117 cm³/mol. The highest BCUT2D eigenvalue weighted by molar-refractivity contribution is 7.80. The number of benzene rings is 2. The van der Waals surface area contributed by atoms with Gasteiger partial charge in [0.25, 0.3) is 0 Å². The molecular weight excluding hydrogens is 370 g/mol. The molecule has 0 unspecified atom stereocenters. The summed E-state index contributed by atoms with van der Waals surface area (Å²) >= 11 is 5.22. The molecule has 6 nitrogen and oxygen atoms in total. The Morgan fingerprint density at radius 1 is 1.14 bits per heavy atom. The number of thiocarbonyl (C=S) groups is 1. The van der Waals surface area contributed by atoms with Crippen LogP contribution >= 0.6 is 12.2 Å². The monoisotopic (exact) mass is 393 g/mol. The van der Waals surface area contributed by atoms with Gasteiger partial charge in [-0.05, 0) is 50.3 Å². The molecule has 144 valence electrons. The van der Waals surface area contributed by atoms with Crippen molar-refractivity contribution in [3.63, 3.8) is 0 Å². The van der Waals surface area contributed by atoms with Gasteiger partial charge in [-0.3, -0.25) is 5.43 Å². The van der Waals surface area contributed by atoms with E-state index in [9.17, 15) is 0 Å². The van der Waals surface area contributed by atoms with Crippen LogP contribution in [-0.4, -0.2) is 34.3 Å². The zero-order chi connectivity index (χ0) is 19.9. The Kier molecular flexibility index (Phi) is 6.39. The van der Waals surface area contributed by atoms with Crippen LogP contribution in [0.5, 0.6) is 5.75 Å². The summed E-state index contributed by atoms with van der Waals surface area (Å²) in [6.07, 6.45) is 3.64. The van der Waals surface area contributed by atoms with E-state index in [-0.39, 0.29) is 6.04 Å². The Morgan fingerprint density at radius 2 is 1.86 bits per heavy atom. The number of methoxy groups -OCH3 is 1. The van der Waals surface area contributed by atoms with Gasteiger partial charge in [-0.1, -0.05) is 30.3 Å². The molecule has 3 aromatic rings. The number of nitrogens with one attached hydrogen (secondary N) is 2. The quantitative estimate of drug-likeness (QED) is 0.379. The van der Waals surface area contributed by atoms with Crippen LogP contribution in [0.15, 0.2) is 65.9 Å². The van der Waals surface area contributed by atoms with Gasteiger partial charge in [0, 0.05) is 23.4 Å². The second kappa shape index (κ2) is 9.14. The summed E-state index contributed by atoms with van der Waals surface area (Å²) in [5.74, 6) is 0.750. The predicted octanol–water partition coefficient (Wildman–Crippen LogP) is 3.75. The molecule has 0 amide bonds. The summed E-state index contributed by atoms with van der Waals surface area (Å²) in [7, 11) is 1.65. The minimum atomic E-state index is 0.236. The minimum Gasteiger partial charge on any atom is -0.496 e. The van der Waals surface area contributed by atoms with E-state index in [1.54, 1.807) is 13.3 Å². The number of ether oxygens (including phenoxy) is 1. The number of nitrogens with zero attached hydrogens (tertiary/aromatic N) is 3. The van der Waals surface area contributed by atoms with Gasteiger partial charge in [0.05, 0.1) is 19.0 Å². The highest BCUT2D eigenvalue weighted by atomic mass is 32.1. The van der Waals surface area contributed by atoms with Crippen molar-refractivity contribution in [1.29, 1.82) is 0 Å². The van der Waals surface area contributed by atoms with Crippen molar-refractivity contribution in [2.45, 2.75) is 19.9 Å². The molecule has 1 aromatic heterocycles. The Morgan fingerprint density at radius 3 is 2.57 bits per heavy atom. The maximum Gasteiger partial charge on any atom is 0.187 e. The lowest BCUT2D eigenvalue weighted by molar-refractivity contribution is 0.416. The van der Waals surface area contributed by atoms with Crippen LogP contribution in [0.4, 0.5) is 0 Å². The smallest absolute Gasteiger partial charge is 0.187 e. The van der Waals surface area contributed by atoms with Crippen molar-refractivity contribution in [2.75, 3.05) is 7.11 Å². The number of hydrogen-bond acceptors (Lipinski definition) is 4. The highest BCUT2D eigenvalue weighted by Crippen LogP contribution is 2.31. The molecule has 0 aliphatic carbocycles. The molecule has 28 heavy (non-hydrogen) atoms. The van der Waals surface area contributed by atoms with Crippen LogP contribution in [0.1, 0.15) is 19.4 Å². The van der Waals surface area contributed by atoms with Crippen molar-refractivity contribution < 1.29 is 4.74 Å². The summed E-state index contributed by atoms with van der Waals surface area (Å²) in [4.78, 5) is 0. The second-order valence-corrected chi connectivity index (χ2v) is 6.82. The molecule has 0 bridgehead atoms. The molecule has 2 N–H and O–H groups in total. The third-order valence-electron chi connectivity index (χ3n) is 3.91. The summed E-state index contributed by atoms with van der Waals surface area (Å²) in [5.41, 5.74) is 6.31. The first-order valence-corrected chi connectivity index (χ1v) is 9.37. The van der Waals surface area contributed by atoms with Crippen LogP contribution in [0.25, 0.3) is 16.9 Å².